The van der Waals surface area contributed by atoms with Crippen LogP contribution in [0.15, 0.2) is 0 Å². The normalized spacial score (nSPS) is 42.2. The van der Waals surface area contributed by atoms with E-state index in [1.54, 1.807) is 7.11 Å². The number of carbonyl (C=O) groups excluding carboxylic acids is 1. The van der Waals surface area contributed by atoms with Gasteiger partial charge in [-0.05, 0) is 39.5 Å². The van der Waals surface area contributed by atoms with E-state index in [2.05, 4.69) is 13.8 Å². The minimum absolute atomic E-state index is 0.150. The maximum absolute atomic E-state index is 12.1. The lowest BCUT2D eigenvalue weighted by atomic mass is 9.65. The van der Waals surface area contributed by atoms with E-state index in [1.807, 2.05) is 20.8 Å². The Hall–Kier alpha value is -0.610. The Morgan fingerprint density at radius 3 is 2.26 bits per heavy atom. The third-order valence-corrected chi connectivity index (χ3v) is 4.42. The summed E-state index contributed by atoms with van der Waals surface area (Å²) in [4.78, 5) is 12.1. The molecule has 0 bridgehead atoms. The zero-order chi connectivity index (χ0) is 14.4. The molecule has 1 aliphatic heterocycles. The fourth-order valence-corrected chi connectivity index (χ4v) is 3.17. The lowest BCUT2D eigenvalue weighted by molar-refractivity contribution is -0.213. The summed E-state index contributed by atoms with van der Waals surface area (Å²) in [5.41, 5.74) is -0.649. The summed E-state index contributed by atoms with van der Waals surface area (Å²) in [5, 5.41) is 0. The minimum atomic E-state index is -0.499. The van der Waals surface area contributed by atoms with Crippen LogP contribution in [0.3, 0.4) is 0 Å². The molecule has 1 heterocycles. The summed E-state index contributed by atoms with van der Waals surface area (Å²) >= 11 is 0. The van der Waals surface area contributed by atoms with Gasteiger partial charge in [-0.1, -0.05) is 13.8 Å². The molecule has 4 heteroatoms. The minimum Gasteiger partial charge on any atom is -0.456 e. The molecular weight excluding hydrogens is 244 g/mol. The molecule has 19 heavy (non-hydrogen) atoms. The van der Waals surface area contributed by atoms with Crippen molar-refractivity contribution in [2.24, 2.45) is 17.3 Å². The first-order valence-corrected chi connectivity index (χ1v) is 7.11. The Bertz CT molecular complexity index is 352. The number of esters is 1. The predicted octanol–water partition coefficient (Wildman–Crippen LogP) is 2.75. The van der Waals surface area contributed by atoms with Gasteiger partial charge in [0.05, 0.1) is 11.0 Å². The van der Waals surface area contributed by atoms with E-state index in [1.165, 1.54) is 0 Å². The highest BCUT2D eigenvalue weighted by Crippen LogP contribution is 2.53. The number of rotatable bonds is 2. The average Bonchev–Trinajstić information content (AvgIpc) is 2.52. The summed E-state index contributed by atoms with van der Waals surface area (Å²) in [6.07, 6.45) is 1.31. The van der Waals surface area contributed by atoms with Crippen LogP contribution in [0.2, 0.25) is 0 Å². The molecule has 1 saturated heterocycles. The Morgan fingerprint density at radius 1 is 1.26 bits per heavy atom. The molecule has 2 fully saturated rings. The van der Waals surface area contributed by atoms with E-state index in [0.717, 1.165) is 12.8 Å². The topological polar surface area (TPSA) is 44.8 Å². The second kappa shape index (κ2) is 4.74. The van der Waals surface area contributed by atoms with Crippen LogP contribution in [-0.2, 0) is 19.0 Å². The summed E-state index contributed by atoms with van der Waals surface area (Å²) in [6, 6.07) is 0. The first-order chi connectivity index (χ1) is 8.69. The van der Waals surface area contributed by atoms with Crippen LogP contribution < -0.4 is 0 Å². The van der Waals surface area contributed by atoms with Crippen molar-refractivity contribution >= 4 is 5.97 Å². The van der Waals surface area contributed by atoms with Gasteiger partial charge in [0, 0.05) is 13.0 Å². The van der Waals surface area contributed by atoms with Crippen molar-refractivity contribution in [2.75, 3.05) is 7.11 Å². The second-order valence-corrected chi connectivity index (χ2v) is 7.21. The maximum Gasteiger partial charge on any atom is 0.311 e. The Balaban J connectivity index is 2.09. The van der Waals surface area contributed by atoms with Crippen LogP contribution in [-0.4, -0.2) is 31.1 Å². The molecule has 1 unspecified atom stereocenters. The van der Waals surface area contributed by atoms with Crippen LogP contribution in [0.4, 0.5) is 0 Å². The van der Waals surface area contributed by atoms with Crippen molar-refractivity contribution < 1.29 is 19.0 Å². The van der Waals surface area contributed by atoms with Crippen LogP contribution in [0.1, 0.15) is 47.5 Å². The first kappa shape index (κ1) is 14.8. The highest BCUT2D eigenvalue weighted by atomic mass is 16.7. The first-order valence-electron chi connectivity index (χ1n) is 7.11. The molecule has 1 saturated carbocycles. The van der Waals surface area contributed by atoms with E-state index in [4.69, 9.17) is 14.2 Å². The van der Waals surface area contributed by atoms with Crippen molar-refractivity contribution in [3.05, 3.63) is 0 Å². The molecule has 0 aromatic rings. The quantitative estimate of drug-likeness (QED) is 0.724. The summed E-state index contributed by atoms with van der Waals surface area (Å²) in [7, 11) is 1.61. The highest BCUT2D eigenvalue weighted by molar-refractivity contribution is 5.75. The fourth-order valence-electron chi connectivity index (χ4n) is 3.17. The smallest absolute Gasteiger partial charge is 0.311 e. The fraction of sp³-hybridized carbons (Fsp3) is 0.933. The van der Waals surface area contributed by atoms with Crippen LogP contribution in [0, 0.1) is 17.3 Å². The number of hydrogen-bond acceptors (Lipinski definition) is 4. The third kappa shape index (κ3) is 2.52. The number of hydrogen-bond donors (Lipinski definition) is 0. The van der Waals surface area contributed by atoms with Crippen LogP contribution in [0.5, 0.6) is 0 Å². The van der Waals surface area contributed by atoms with Gasteiger partial charge in [-0.2, -0.15) is 0 Å². The Kier molecular flexibility index (Phi) is 3.69. The van der Waals surface area contributed by atoms with Crippen molar-refractivity contribution in [2.45, 2.75) is 65.5 Å². The molecule has 0 aromatic carbocycles. The number of ether oxygens (including phenoxy) is 3. The monoisotopic (exact) mass is 270 g/mol. The molecule has 2 aliphatic rings. The van der Waals surface area contributed by atoms with Crippen LogP contribution >= 0.6 is 0 Å². The summed E-state index contributed by atoms with van der Waals surface area (Å²) < 4.78 is 17.1. The average molecular weight is 270 g/mol. The van der Waals surface area contributed by atoms with Gasteiger partial charge in [-0.3, -0.25) is 4.79 Å². The SMILES string of the molecule is CO[C@@H]1OC2(CC(C)C2)[C@@H](C)C1OC(=O)C(C)(C)C. The summed E-state index contributed by atoms with van der Waals surface area (Å²) in [6.45, 7) is 9.90. The molecule has 2 rings (SSSR count). The van der Waals surface area contributed by atoms with Gasteiger partial charge < -0.3 is 14.2 Å². The molecule has 0 amide bonds. The van der Waals surface area contributed by atoms with Crippen molar-refractivity contribution in [1.82, 2.24) is 0 Å². The predicted molar refractivity (Wildman–Crippen MR) is 71.5 cm³/mol. The van der Waals surface area contributed by atoms with E-state index < -0.39 is 11.7 Å². The van der Waals surface area contributed by atoms with E-state index in [9.17, 15) is 4.79 Å². The van der Waals surface area contributed by atoms with Gasteiger partial charge in [0.2, 0.25) is 0 Å². The van der Waals surface area contributed by atoms with E-state index in [-0.39, 0.29) is 23.6 Å². The van der Waals surface area contributed by atoms with Gasteiger partial charge in [0.15, 0.2) is 12.4 Å². The largest absolute Gasteiger partial charge is 0.456 e. The Morgan fingerprint density at radius 2 is 1.84 bits per heavy atom. The highest BCUT2D eigenvalue weighted by Gasteiger charge is 2.60. The standard InChI is InChI=1S/C15H26O4/c1-9-7-15(8-9)10(2)11(12(17-6)19-15)18-13(16)14(3,4)5/h9-12H,7-8H2,1-6H3/t9?,10-,11?,12+,15?/m0/s1. The van der Waals surface area contributed by atoms with E-state index in [0.29, 0.717) is 5.92 Å². The molecule has 110 valence electrons. The molecule has 0 radical (unpaired) electrons. The zero-order valence-corrected chi connectivity index (χ0v) is 12.9. The lowest BCUT2D eigenvalue weighted by Crippen LogP contribution is -2.48. The van der Waals surface area contributed by atoms with Gasteiger partial charge in [-0.25, -0.2) is 0 Å². The molecule has 0 aromatic heterocycles. The molecule has 4 nitrogen and oxygen atoms in total. The van der Waals surface area contributed by atoms with Gasteiger partial charge in [0.1, 0.15) is 0 Å². The van der Waals surface area contributed by atoms with Gasteiger partial charge in [-0.15, -0.1) is 0 Å². The van der Waals surface area contributed by atoms with Crippen molar-refractivity contribution in [3.63, 3.8) is 0 Å². The van der Waals surface area contributed by atoms with Gasteiger partial charge in [0.25, 0.3) is 0 Å². The number of carbonyl (C=O) groups is 1. The molecule has 1 spiro atoms. The van der Waals surface area contributed by atoms with E-state index >= 15 is 0 Å². The lowest BCUT2D eigenvalue weighted by Gasteiger charge is -2.45. The molecule has 0 N–H and O–H groups in total. The van der Waals surface area contributed by atoms with Crippen LogP contribution in [0.25, 0.3) is 0 Å². The third-order valence-electron chi connectivity index (χ3n) is 4.42. The van der Waals surface area contributed by atoms with Crippen molar-refractivity contribution in [1.29, 1.82) is 0 Å². The molecule has 1 aliphatic carbocycles. The summed E-state index contributed by atoms with van der Waals surface area (Å²) in [5.74, 6) is 0.663. The number of methoxy groups -OCH3 is 1. The maximum atomic E-state index is 12.1. The molecular formula is C15H26O4. The second-order valence-electron chi connectivity index (χ2n) is 7.21. The zero-order valence-electron chi connectivity index (χ0n) is 12.9. The Labute approximate surface area is 115 Å². The van der Waals surface area contributed by atoms with Gasteiger partial charge >= 0.3 is 5.97 Å². The van der Waals surface area contributed by atoms with Crippen molar-refractivity contribution in [3.8, 4) is 0 Å². The molecule has 3 atom stereocenters.